The molecule has 0 spiro atoms. The summed E-state index contributed by atoms with van der Waals surface area (Å²) in [5, 5.41) is 0.277. The van der Waals surface area contributed by atoms with Gasteiger partial charge in [0.05, 0.1) is 10.2 Å². The van der Waals surface area contributed by atoms with E-state index in [9.17, 15) is 18.0 Å². The highest BCUT2D eigenvalue weighted by atomic mass is 32.1. The van der Waals surface area contributed by atoms with E-state index >= 15 is 0 Å². The molecule has 0 saturated carbocycles. The Balaban J connectivity index is 2.27. The highest BCUT2D eigenvalue weighted by Gasteiger charge is 2.66. The number of hydrogen-bond acceptors (Lipinski definition) is 5. The van der Waals surface area contributed by atoms with Crippen molar-refractivity contribution in [2.24, 2.45) is 0 Å². The van der Waals surface area contributed by atoms with Gasteiger partial charge in [0.15, 0.2) is 5.13 Å². The first-order chi connectivity index (χ1) is 10.7. The summed E-state index contributed by atoms with van der Waals surface area (Å²) in [6.45, 7) is 0.382. The van der Waals surface area contributed by atoms with Crippen molar-refractivity contribution in [2.45, 2.75) is 11.7 Å². The number of nitrogens with zero attached hydrogens (tertiary/aromatic N) is 3. The quantitative estimate of drug-likeness (QED) is 0.860. The van der Waals surface area contributed by atoms with E-state index in [1.54, 1.807) is 0 Å². The van der Waals surface area contributed by atoms with Crippen LogP contribution in [-0.2, 0) is 10.3 Å². The SMILES string of the molecule is CN1CCN(C)C(c2ccc3nc(N)sc3c2)(C(F)(F)F)C1=O. The predicted octanol–water partition coefficient (Wildman–Crippen LogP) is 2.04. The van der Waals surface area contributed by atoms with Crippen LogP contribution in [0.15, 0.2) is 18.2 Å². The number of anilines is 1. The lowest BCUT2D eigenvalue weighted by molar-refractivity contribution is -0.241. The molecule has 1 amide bonds. The number of nitrogens with two attached hydrogens (primary N) is 1. The summed E-state index contributed by atoms with van der Waals surface area (Å²) in [5.74, 6) is -0.976. The van der Waals surface area contributed by atoms with Crippen molar-refractivity contribution in [2.75, 3.05) is 32.9 Å². The molecule has 1 unspecified atom stereocenters. The zero-order valence-corrected chi connectivity index (χ0v) is 13.3. The topological polar surface area (TPSA) is 62.5 Å². The first-order valence-electron chi connectivity index (χ1n) is 6.88. The highest BCUT2D eigenvalue weighted by molar-refractivity contribution is 7.22. The van der Waals surface area contributed by atoms with Gasteiger partial charge in [-0.1, -0.05) is 17.4 Å². The van der Waals surface area contributed by atoms with Gasteiger partial charge in [0.1, 0.15) is 0 Å². The van der Waals surface area contributed by atoms with Crippen LogP contribution in [0.3, 0.4) is 0 Å². The molecule has 3 rings (SSSR count). The van der Waals surface area contributed by atoms with Crippen LogP contribution in [0, 0.1) is 0 Å². The maximum Gasteiger partial charge on any atom is 0.420 e. The summed E-state index contributed by atoms with van der Waals surface area (Å²) in [6.07, 6.45) is -4.75. The molecule has 9 heteroatoms. The monoisotopic (exact) mass is 344 g/mol. The maximum absolute atomic E-state index is 14.0. The van der Waals surface area contributed by atoms with E-state index in [-0.39, 0.29) is 23.8 Å². The van der Waals surface area contributed by atoms with Gasteiger partial charge >= 0.3 is 6.18 Å². The molecule has 1 saturated heterocycles. The van der Waals surface area contributed by atoms with Gasteiger partial charge in [-0.05, 0) is 24.7 Å². The third kappa shape index (κ3) is 2.18. The van der Waals surface area contributed by atoms with Crippen LogP contribution in [0.5, 0.6) is 0 Å². The summed E-state index contributed by atoms with van der Waals surface area (Å²) in [4.78, 5) is 18.8. The Morgan fingerprint density at radius 1 is 1.30 bits per heavy atom. The predicted molar refractivity (Wildman–Crippen MR) is 82.0 cm³/mol. The molecule has 1 aliphatic rings. The minimum Gasteiger partial charge on any atom is -0.375 e. The third-order valence-corrected chi connectivity index (χ3v) is 5.08. The molecule has 1 aromatic heterocycles. The molecule has 2 heterocycles. The minimum atomic E-state index is -4.75. The van der Waals surface area contributed by atoms with Crippen molar-refractivity contribution < 1.29 is 18.0 Å². The summed E-state index contributed by atoms with van der Waals surface area (Å²) in [6, 6.07) is 4.15. The second-order valence-electron chi connectivity index (χ2n) is 5.59. The fraction of sp³-hybridized carbons (Fsp3) is 0.429. The zero-order valence-electron chi connectivity index (χ0n) is 12.5. The average Bonchev–Trinajstić information content (AvgIpc) is 2.81. The van der Waals surface area contributed by atoms with Crippen LogP contribution in [0.1, 0.15) is 5.56 Å². The van der Waals surface area contributed by atoms with Crippen LogP contribution >= 0.6 is 11.3 Å². The number of fused-ring (bicyclic) bond motifs is 1. The van der Waals surface area contributed by atoms with Crippen molar-refractivity contribution in [3.8, 4) is 0 Å². The second-order valence-corrected chi connectivity index (χ2v) is 6.65. The van der Waals surface area contributed by atoms with E-state index in [1.165, 1.54) is 32.3 Å². The molecule has 0 bridgehead atoms. The first kappa shape index (κ1) is 16.0. The van der Waals surface area contributed by atoms with Crippen molar-refractivity contribution in [3.63, 3.8) is 0 Å². The second kappa shape index (κ2) is 5.07. The fourth-order valence-electron chi connectivity index (χ4n) is 3.02. The molecule has 1 aliphatic heterocycles. The Bertz CT molecular complexity index is 775. The standard InChI is InChI=1S/C14H15F3N4OS/c1-20-5-6-21(2)13(11(20)22,14(15,16)17)8-3-4-9-10(7-8)23-12(18)19-9/h3-4,7H,5-6H2,1-2H3,(H2,18,19). The molecule has 124 valence electrons. The van der Waals surface area contributed by atoms with Gasteiger partial charge in [0.25, 0.3) is 5.91 Å². The van der Waals surface area contributed by atoms with Crippen LogP contribution in [0.4, 0.5) is 18.3 Å². The minimum absolute atomic E-state index is 0.111. The number of likely N-dealkylation sites (N-methyl/N-ethyl adjacent to an activating group) is 2. The van der Waals surface area contributed by atoms with Gasteiger partial charge < -0.3 is 10.6 Å². The smallest absolute Gasteiger partial charge is 0.375 e. The summed E-state index contributed by atoms with van der Waals surface area (Å²) in [5.41, 5.74) is 3.34. The van der Waals surface area contributed by atoms with Gasteiger partial charge in [-0.15, -0.1) is 0 Å². The van der Waals surface area contributed by atoms with E-state index in [0.717, 1.165) is 21.1 Å². The van der Waals surface area contributed by atoms with Crippen molar-refractivity contribution in [3.05, 3.63) is 23.8 Å². The summed E-state index contributed by atoms with van der Waals surface area (Å²) >= 11 is 1.10. The molecule has 0 radical (unpaired) electrons. The Labute approximate surface area is 134 Å². The lowest BCUT2D eigenvalue weighted by Gasteiger charge is -2.47. The number of carbonyl (C=O) groups is 1. The normalized spacial score (nSPS) is 23.7. The van der Waals surface area contributed by atoms with E-state index in [0.29, 0.717) is 10.2 Å². The number of rotatable bonds is 1. The number of benzene rings is 1. The largest absolute Gasteiger partial charge is 0.420 e. The molecule has 0 aliphatic carbocycles. The van der Waals surface area contributed by atoms with Gasteiger partial charge in [-0.25, -0.2) is 4.98 Å². The number of hydrogen-bond donors (Lipinski definition) is 1. The van der Waals surface area contributed by atoms with Crippen LogP contribution in [0.25, 0.3) is 10.2 Å². The van der Waals surface area contributed by atoms with Gasteiger partial charge in [-0.2, -0.15) is 13.2 Å². The zero-order chi connectivity index (χ0) is 17.0. The lowest BCUT2D eigenvalue weighted by atomic mass is 9.84. The molecule has 23 heavy (non-hydrogen) atoms. The average molecular weight is 344 g/mol. The van der Waals surface area contributed by atoms with Gasteiger partial charge in [0, 0.05) is 20.1 Å². The Kier molecular flexibility index (Phi) is 3.53. The molecule has 2 N–H and O–H groups in total. The molecular weight excluding hydrogens is 329 g/mol. The number of aromatic nitrogens is 1. The summed E-state index contributed by atoms with van der Waals surface area (Å²) in [7, 11) is 2.71. The van der Waals surface area contributed by atoms with Crippen molar-refractivity contribution in [1.82, 2.24) is 14.8 Å². The lowest BCUT2D eigenvalue weighted by Crippen LogP contribution is -2.68. The van der Waals surface area contributed by atoms with Crippen LogP contribution < -0.4 is 5.73 Å². The number of thiazole rings is 1. The number of halogens is 3. The molecule has 1 atom stereocenters. The van der Waals surface area contributed by atoms with E-state index in [1.807, 2.05) is 0 Å². The number of nitrogen functional groups attached to an aromatic ring is 1. The van der Waals surface area contributed by atoms with Crippen LogP contribution in [0.2, 0.25) is 0 Å². The maximum atomic E-state index is 14.0. The highest BCUT2D eigenvalue weighted by Crippen LogP contribution is 2.47. The Hall–Kier alpha value is -1.87. The molecular formula is C14H15F3N4OS. The first-order valence-corrected chi connectivity index (χ1v) is 7.69. The van der Waals surface area contributed by atoms with E-state index in [4.69, 9.17) is 5.73 Å². The number of carbonyl (C=O) groups excluding carboxylic acids is 1. The van der Waals surface area contributed by atoms with Crippen molar-refractivity contribution in [1.29, 1.82) is 0 Å². The number of alkyl halides is 3. The number of piperazine rings is 1. The number of amides is 1. The van der Waals surface area contributed by atoms with E-state index < -0.39 is 17.6 Å². The molecule has 5 nitrogen and oxygen atoms in total. The fourth-order valence-corrected chi connectivity index (χ4v) is 3.79. The molecule has 1 aromatic carbocycles. The van der Waals surface area contributed by atoms with E-state index in [2.05, 4.69) is 4.98 Å². The van der Waals surface area contributed by atoms with Crippen molar-refractivity contribution >= 4 is 32.6 Å². The van der Waals surface area contributed by atoms with Gasteiger partial charge in [0.2, 0.25) is 5.54 Å². The summed E-state index contributed by atoms with van der Waals surface area (Å²) < 4.78 is 42.6. The van der Waals surface area contributed by atoms with Crippen LogP contribution in [-0.4, -0.2) is 54.1 Å². The molecule has 2 aromatic rings. The van der Waals surface area contributed by atoms with Gasteiger partial charge in [-0.3, -0.25) is 9.69 Å². The third-order valence-electron chi connectivity index (χ3n) is 4.23. The Morgan fingerprint density at radius 2 is 2.00 bits per heavy atom. The molecule has 1 fully saturated rings. The Morgan fingerprint density at radius 3 is 2.65 bits per heavy atom.